The number of hydrogen-bond donors (Lipinski definition) is 3. The van der Waals surface area contributed by atoms with Crippen LogP contribution in [0, 0.1) is 11.2 Å². The molecule has 1 aromatic heterocycles. The Balaban J connectivity index is 1.97. The van der Waals surface area contributed by atoms with Gasteiger partial charge < -0.3 is 20.5 Å². The Bertz CT molecular complexity index is 986. The number of aliphatic hydroxyl groups is 1. The molecule has 0 bridgehead atoms. The number of hydrogen-bond acceptors (Lipinski definition) is 5. The Kier molecular flexibility index (Phi) is 6.98. The standard InChI is InChI=1S/C21H26ClFN4O4/c1-21(2,3)18(20(30)24-7-8-28)25-19(29)17-13-11-31-9-6-15(13)27(26-17)16-5-4-12(22)10-14(16)23/h4-5,10,18,28H,6-9,11H2,1-3H3,(H,24,30)(H,25,29). The van der Waals surface area contributed by atoms with E-state index in [-0.39, 0.29) is 36.2 Å². The lowest BCUT2D eigenvalue weighted by Gasteiger charge is -2.30. The normalized spacial score (nSPS) is 14.6. The lowest BCUT2D eigenvalue weighted by atomic mass is 9.86. The molecule has 31 heavy (non-hydrogen) atoms. The largest absolute Gasteiger partial charge is 0.395 e. The highest BCUT2D eigenvalue weighted by Crippen LogP contribution is 2.27. The van der Waals surface area contributed by atoms with E-state index in [0.717, 1.165) is 0 Å². The predicted octanol–water partition coefficient (Wildman–Crippen LogP) is 1.99. The molecule has 168 valence electrons. The summed E-state index contributed by atoms with van der Waals surface area (Å²) < 4.78 is 21.5. The SMILES string of the molecule is CC(C)(C)C(NC(=O)c1nn(-c2ccc(Cl)cc2F)c2c1COCC2)C(=O)NCCO. The van der Waals surface area contributed by atoms with E-state index in [1.54, 1.807) is 6.07 Å². The van der Waals surface area contributed by atoms with Crippen molar-refractivity contribution in [2.24, 2.45) is 5.41 Å². The summed E-state index contributed by atoms with van der Waals surface area (Å²) in [6.07, 6.45) is 0.456. The predicted molar refractivity (Wildman–Crippen MR) is 113 cm³/mol. The molecular formula is C21H26ClFN4O4. The van der Waals surface area contributed by atoms with E-state index in [1.807, 2.05) is 20.8 Å². The number of halogens is 2. The molecule has 1 unspecified atom stereocenters. The number of nitrogens with zero attached hydrogens (tertiary/aromatic N) is 2. The van der Waals surface area contributed by atoms with Crippen molar-refractivity contribution in [1.82, 2.24) is 20.4 Å². The van der Waals surface area contributed by atoms with Gasteiger partial charge in [0, 0.05) is 23.6 Å². The van der Waals surface area contributed by atoms with Crippen LogP contribution in [-0.4, -0.2) is 52.5 Å². The number of benzene rings is 1. The maximum absolute atomic E-state index is 14.6. The van der Waals surface area contributed by atoms with Gasteiger partial charge in [0.2, 0.25) is 5.91 Å². The second kappa shape index (κ2) is 9.33. The van der Waals surface area contributed by atoms with Gasteiger partial charge in [0.1, 0.15) is 17.5 Å². The smallest absolute Gasteiger partial charge is 0.272 e. The summed E-state index contributed by atoms with van der Waals surface area (Å²) in [5.74, 6) is -1.54. The highest BCUT2D eigenvalue weighted by molar-refractivity contribution is 6.30. The Morgan fingerprint density at radius 1 is 1.39 bits per heavy atom. The molecule has 8 nitrogen and oxygen atoms in total. The van der Waals surface area contributed by atoms with E-state index in [4.69, 9.17) is 21.4 Å². The first-order valence-corrected chi connectivity index (χ1v) is 10.3. The fourth-order valence-electron chi connectivity index (χ4n) is 3.43. The van der Waals surface area contributed by atoms with Crippen LogP contribution in [0.2, 0.25) is 5.02 Å². The maximum atomic E-state index is 14.6. The van der Waals surface area contributed by atoms with Crippen molar-refractivity contribution in [3.63, 3.8) is 0 Å². The second-order valence-electron chi connectivity index (χ2n) is 8.37. The van der Waals surface area contributed by atoms with Crippen LogP contribution in [0.15, 0.2) is 18.2 Å². The molecule has 1 aromatic carbocycles. The molecule has 0 saturated carbocycles. The van der Waals surface area contributed by atoms with Crippen molar-refractivity contribution in [2.75, 3.05) is 19.8 Å². The number of aromatic nitrogens is 2. The highest BCUT2D eigenvalue weighted by atomic mass is 35.5. The molecular weight excluding hydrogens is 427 g/mol. The van der Waals surface area contributed by atoms with Crippen molar-refractivity contribution >= 4 is 23.4 Å². The number of carbonyl (C=O) groups is 2. The molecule has 1 aliphatic heterocycles. The monoisotopic (exact) mass is 452 g/mol. The van der Waals surface area contributed by atoms with Gasteiger partial charge in [-0.05, 0) is 23.6 Å². The van der Waals surface area contributed by atoms with E-state index in [9.17, 15) is 14.0 Å². The average Bonchev–Trinajstić information content (AvgIpc) is 3.09. The van der Waals surface area contributed by atoms with Crippen LogP contribution >= 0.6 is 11.6 Å². The fraction of sp³-hybridized carbons (Fsp3) is 0.476. The van der Waals surface area contributed by atoms with Crippen LogP contribution in [0.4, 0.5) is 4.39 Å². The van der Waals surface area contributed by atoms with Crippen LogP contribution in [0.3, 0.4) is 0 Å². The third-order valence-electron chi connectivity index (χ3n) is 4.99. The molecule has 0 aliphatic carbocycles. The van der Waals surface area contributed by atoms with Gasteiger partial charge in [-0.2, -0.15) is 5.10 Å². The zero-order valence-corrected chi connectivity index (χ0v) is 18.4. The lowest BCUT2D eigenvalue weighted by molar-refractivity contribution is -0.125. The molecule has 3 rings (SSSR count). The van der Waals surface area contributed by atoms with Gasteiger partial charge in [-0.15, -0.1) is 0 Å². The molecule has 2 heterocycles. The molecule has 2 aromatic rings. The minimum absolute atomic E-state index is 0.0771. The first-order chi connectivity index (χ1) is 14.6. The topological polar surface area (TPSA) is 105 Å². The number of aliphatic hydroxyl groups excluding tert-OH is 1. The van der Waals surface area contributed by atoms with Crippen LogP contribution in [-0.2, 0) is 22.6 Å². The second-order valence-corrected chi connectivity index (χ2v) is 8.81. The van der Waals surface area contributed by atoms with Crippen molar-refractivity contribution in [1.29, 1.82) is 0 Å². The van der Waals surface area contributed by atoms with Gasteiger partial charge >= 0.3 is 0 Å². The van der Waals surface area contributed by atoms with E-state index in [2.05, 4.69) is 15.7 Å². The van der Waals surface area contributed by atoms with E-state index < -0.39 is 29.1 Å². The first-order valence-electron chi connectivity index (χ1n) is 9.97. The van der Waals surface area contributed by atoms with E-state index >= 15 is 0 Å². The molecule has 10 heteroatoms. The number of carbonyl (C=O) groups excluding carboxylic acids is 2. The molecule has 3 N–H and O–H groups in total. The van der Waals surface area contributed by atoms with Crippen LogP contribution in [0.1, 0.15) is 42.5 Å². The summed E-state index contributed by atoms with van der Waals surface area (Å²) in [7, 11) is 0. The average molecular weight is 453 g/mol. The fourth-order valence-corrected chi connectivity index (χ4v) is 3.59. The third-order valence-corrected chi connectivity index (χ3v) is 5.22. The highest BCUT2D eigenvalue weighted by Gasteiger charge is 2.35. The number of fused-ring (bicyclic) bond motifs is 1. The van der Waals surface area contributed by atoms with Gasteiger partial charge in [-0.25, -0.2) is 9.07 Å². The molecule has 0 radical (unpaired) electrons. The lowest BCUT2D eigenvalue weighted by Crippen LogP contribution is -2.54. The summed E-state index contributed by atoms with van der Waals surface area (Å²) in [5.41, 5.74) is 0.885. The maximum Gasteiger partial charge on any atom is 0.272 e. The minimum atomic E-state index is -0.871. The van der Waals surface area contributed by atoms with Gasteiger partial charge in [-0.1, -0.05) is 32.4 Å². The number of rotatable bonds is 6. The van der Waals surface area contributed by atoms with Crippen molar-refractivity contribution in [3.8, 4) is 5.69 Å². The molecule has 0 fully saturated rings. The Morgan fingerprint density at radius 3 is 2.77 bits per heavy atom. The quantitative estimate of drug-likeness (QED) is 0.621. The zero-order valence-electron chi connectivity index (χ0n) is 17.7. The Labute approximate surface area is 184 Å². The van der Waals surface area contributed by atoms with Crippen molar-refractivity contribution < 1.29 is 23.8 Å². The van der Waals surface area contributed by atoms with Gasteiger partial charge in [0.25, 0.3) is 5.91 Å². The number of nitrogens with one attached hydrogen (secondary N) is 2. The molecule has 2 amide bonds. The van der Waals surface area contributed by atoms with Gasteiger partial charge in [0.05, 0.1) is 25.5 Å². The summed E-state index contributed by atoms with van der Waals surface area (Å²) in [5, 5.41) is 18.9. The van der Waals surface area contributed by atoms with E-state index in [0.29, 0.717) is 24.3 Å². The van der Waals surface area contributed by atoms with Crippen molar-refractivity contribution in [2.45, 2.75) is 39.8 Å². The summed E-state index contributed by atoms with van der Waals surface area (Å²) in [6, 6.07) is 3.37. The number of ether oxygens (including phenoxy) is 1. The Hall–Kier alpha value is -2.49. The summed E-state index contributed by atoms with van der Waals surface area (Å²) in [6.45, 7) is 5.89. The summed E-state index contributed by atoms with van der Waals surface area (Å²) >= 11 is 5.86. The van der Waals surface area contributed by atoms with Crippen LogP contribution in [0.25, 0.3) is 5.69 Å². The molecule has 0 spiro atoms. The van der Waals surface area contributed by atoms with Gasteiger partial charge in [0.15, 0.2) is 5.69 Å². The third kappa shape index (κ3) is 5.06. The van der Waals surface area contributed by atoms with Crippen LogP contribution < -0.4 is 10.6 Å². The molecule has 0 saturated heterocycles. The van der Waals surface area contributed by atoms with Gasteiger partial charge in [-0.3, -0.25) is 9.59 Å². The van der Waals surface area contributed by atoms with Crippen LogP contribution in [0.5, 0.6) is 0 Å². The molecule has 1 atom stereocenters. The number of amides is 2. The van der Waals surface area contributed by atoms with Crippen molar-refractivity contribution in [3.05, 3.63) is 46.0 Å². The molecule has 1 aliphatic rings. The first kappa shape index (κ1) is 23.2. The minimum Gasteiger partial charge on any atom is -0.395 e. The Morgan fingerprint density at radius 2 is 2.13 bits per heavy atom. The van der Waals surface area contributed by atoms with E-state index in [1.165, 1.54) is 16.8 Å². The summed E-state index contributed by atoms with van der Waals surface area (Å²) in [4.78, 5) is 25.7. The zero-order chi connectivity index (χ0) is 22.8.